The SMILES string of the molecule is O=C(Nc1ccc(N2CCN(C(=O)C3CCCCC3)CC2)cc1)c1cccc(F)c1. The topological polar surface area (TPSA) is 52.7 Å². The lowest BCUT2D eigenvalue weighted by molar-refractivity contribution is -0.136. The van der Waals surface area contributed by atoms with Crippen LogP contribution in [0.4, 0.5) is 15.8 Å². The second kappa shape index (κ2) is 9.28. The lowest BCUT2D eigenvalue weighted by atomic mass is 9.88. The summed E-state index contributed by atoms with van der Waals surface area (Å²) >= 11 is 0. The van der Waals surface area contributed by atoms with Gasteiger partial charge in [0.05, 0.1) is 0 Å². The Morgan fingerprint density at radius 1 is 0.900 bits per heavy atom. The van der Waals surface area contributed by atoms with Crippen LogP contribution in [-0.2, 0) is 4.79 Å². The van der Waals surface area contributed by atoms with Crippen molar-refractivity contribution in [3.63, 3.8) is 0 Å². The Labute approximate surface area is 176 Å². The number of hydrogen-bond acceptors (Lipinski definition) is 3. The number of carbonyl (C=O) groups excluding carboxylic acids is 2. The van der Waals surface area contributed by atoms with Gasteiger partial charge in [-0.05, 0) is 55.3 Å². The summed E-state index contributed by atoms with van der Waals surface area (Å²) in [5, 5.41) is 2.80. The number of halogens is 1. The standard InChI is InChI=1S/C24H28FN3O2/c25-20-8-4-7-19(17-20)23(29)26-21-9-11-22(12-10-21)27-13-15-28(16-14-27)24(30)18-5-2-1-3-6-18/h4,7-12,17-18H,1-3,5-6,13-16H2,(H,26,29). The van der Waals surface area contributed by atoms with Crippen molar-refractivity contribution >= 4 is 23.2 Å². The highest BCUT2D eigenvalue weighted by Crippen LogP contribution is 2.26. The molecule has 2 aromatic carbocycles. The summed E-state index contributed by atoms with van der Waals surface area (Å²) in [7, 11) is 0. The van der Waals surface area contributed by atoms with Crippen LogP contribution >= 0.6 is 0 Å². The van der Waals surface area contributed by atoms with Gasteiger partial charge in [-0.1, -0.05) is 25.3 Å². The van der Waals surface area contributed by atoms with Crippen LogP contribution in [-0.4, -0.2) is 42.9 Å². The maximum absolute atomic E-state index is 13.3. The van der Waals surface area contributed by atoms with Gasteiger partial charge in [0.25, 0.3) is 5.91 Å². The maximum atomic E-state index is 13.3. The van der Waals surface area contributed by atoms with Crippen LogP contribution in [0.15, 0.2) is 48.5 Å². The molecular weight excluding hydrogens is 381 g/mol. The zero-order chi connectivity index (χ0) is 20.9. The normalized spacial score (nSPS) is 17.6. The van der Waals surface area contributed by atoms with Gasteiger partial charge in [0.1, 0.15) is 5.82 Å². The minimum atomic E-state index is -0.431. The quantitative estimate of drug-likeness (QED) is 0.819. The predicted octanol–water partition coefficient (Wildman–Crippen LogP) is 4.31. The molecule has 1 aliphatic heterocycles. The van der Waals surface area contributed by atoms with Gasteiger partial charge in [-0.2, -0.15) is 0 Å². The van der Waals surface area contributed by atoms with E-state index in [4.69, 9.17) is 0 Å². The first kappa shape index (κ1) is 20.4. The Kier molecular flexibility index (Phi) is 6.31. The van der Waals surface area contributed by atoms with Gasteiger partial charge in [0.15, 0.2) is 0 Å². The molecule has 2 fully saturated rings. The van der Waals surface area contributed by atoms with E-state index in [9.17, 15) is 14.0 Å². The molecule has 6 heteroatoms. The van der Waals surface area contributed by atoms with Crippen LogP contribution in [0.5, 0.6) is 0 Å². The van der Waals surface area contributed by atoms with E-state index in [0.29, 0.717) is 11.6 Å². The van der Waals surface area contributed by atoms with Crippen LogP contribution in [0, 0.1) is 11.7 Å². The largest absolute Gasteiger partial charge is 0.368 e. The van der Waals surface area contributed by atoms with E-state index in [-0.39, 0.29) is 17.4 Å². The molecule has 1 heterocycles. The highest BCUT2D eigenvalue weighted by Gasteiger charge is 2.28. The summed E-state index contributed by atoms with van der Waals surface area (Å²) in [4.78, 5) is 29.3. The van der Waals surface area contributed by atoms with Gasteiger partial charge in [0.2, 0.25) is 5.91 Å². The fourth-order valence-corrected chi connectivity index (χ4v) is 4.38. The molecule has 1 saturated heterocycles. The predicted molar refractivity (Wildman–Crippen MR) is 116 cm³/mol. The Hall–Kier alpha value is -2.89. The molecule has 0 bridgehead atoms. The molecule has 30 heavy (non-hydrogen) atoms. The highest BCUT2D eigenvalue weighted by molar-refractivity contribution is 6.04. The van der Waals surface area contributed by atoms with Crippen LogP contribution < -0.4 is 10.2 Å². The third-order valence-corrected chi connectivity index (χ3v) is 6.12. The molecule has 158 valence electrons. The molecule has 5 nitrogen and oxygen atoms in total. The van der Waals surface area contributed by atoms with E-state index in [0.717, 1.165) is 44.7 Å². The van der Waals surface area contributed by atoms with Crippen molar-refractivity contribution < 1.29 is 14.0 Å². The van der Waals surface area contributed by atoms with E-state index >= 15 is 0 Å². The maximum Gasteiger partial charge on any atom is 0.255 e. The van der Waals surface area contributed by atoms with E-state index in [2.05, 4.69) is 10.2 Å². The van der Waals surface area contributed by atoms with Crippen LogP contribution in [0.2, 0.25) is 0 Å². The highest BCUT2D eigenvalue weighted by atomic mass is 19.1. The molecule has 1 saturated carbocycles. The van der Waals surface area contributed by atoms with Crippen molar-refractivity contribution in [2.75, 3.05) is 36.4 Å². The first-order valence-corrected chi connectivity index (χ1v) is 10.8. The Bertz CT molecular complexity index is 886. The second-order valence-electron chi connectivity index (χ2n) is 8.16. The third-order valence-electron chi connectivity index (χ3n) is 6.12. The van der Waals surface area contributed by atoms with Crippen molar-refractivity contribution in [3.05, 3.63) is 59.9 Å². The molecule has 2 amide bonds. The van der Waals surface area contributed by atoms with E-state index in [1.165, 1.54) is 37.5 Å². The van der Waals surface area contributed by atoms with Gasteiger partial charge >= 0.3 is 0 Å². The zero-order valence-electron chi connectivity index (χ0n) is 17.1. The number of nitrogens with zero attached hydrogens (tertiary/aromatic N) is 2. The van der Waals surface area contributed by atoms with E-state index in [1.54, 1.807) is 6.07 Å². The third kappa shape index (κ3) is 4.81. The lowest BCUT2D eigenvalue weighted by Gasteiger charge is -2.38. The number of rotatable bonds is 4. The molecule has 1 aliphatic carbocycles. The Balaban J connectivity index is 1.30. The number of benzene rings is 2. The van der Waals surface area contributed by atoms with Crippen LogP contribution in [0.3, 0.4) is 0 Å². The van der Waals surface area contributed by atoms with Gasteiger partial charge < -0.3 is 15.1 Å². The summed E-state index contributed by atoms with van der Waals surface area (Å²) in [5.41, 5.74) is 2.03. The number of anilines is 2. The Morgan fingerprint density at radius 2 is 1.60 bits per heavy atom. The van der Waals surface area contributed by atoms with Crippen LogP contribution in [0.25, 0.3) is 0 Å². The molecule has 2 aromatic rings. The second-order valence-corrected chi connectivity index (χ2v) is 8.16. The van der Waals surface area contributed by atoms with Crippen LogP contribution in [0.1, 0.15) is 42.5 Å². The van der Waals surface area contributed by atoms with Gasteiger partial charge in [0, 0.05) is 49.0 Å². The number of hydrogen-bond donors (Lipinski definition) is 1. The molecule has 0 unspecified atom stereocenters. The van der Waals surface area contributed by atoms with E-state index < -0.39 is 5.82 Å². The first-order chi connectivity index (χ1) is 14.6. The van der Waals surface area contributed by atoms with Crippen molar-refractivity contribution in [3.8, 4) is 0 Å². The summed E-state index contributed by atoms with van der Waals surface area (Å²) in [6.07, 6.45) is 5.71. The number of amides is 2. The average Bonchev–Trinajstić information content (AvgIpc) is 2.80. The van der Waals surface area contributed by atoms with Gasteiger partial charge in [-0.3, -0.25) is 9.59 Å². The molecule has 1 N–H and O–H groups in total. The van der Waals surface area contributed by atoms with Gasteiger partial charge in [-0.25, -0.2) is 4.39 Å². The minimum absolute atomic E-state index is 0.228. The lowest BCUT2D eigenvalue weighted by Crippen LogP contribution is -2.50. The smallest absolute Gasteiger partial charge is 0.255 e. The number of piperazine rings is 1. The summed E-state index contributed by atoms with van der Waals surface area (Å²) in [6.45, 7) is 3.14. The first-order valence-electron chi connectivity index (χ1n) is 10.8. The monoisotopic (exact) mass is 409 g/mol. The molecular formula is C24H28FN3O2. The molecule has 4 rings (SSSR count). The van der Waals surface area contributed by atoms with E-state index in [1.807, 2.05) is 29.2 Å². The van der Waals surface area contributed by atoms with Crippen molar-refractivity contribution in [2.24, 2.45) is 5.92 Å². The molecule has 0 aromatic heterocycles. The summed E-state index contributed by atoms with van der Waals surface area (Å²) < 4.78 is 13.3. The molecule has 0 spiro atoms. The molecule has 0 radical (unpaired) electrons. The minimum Gasteiger partial charge on any atom is -0.368 e. The Morgan fingerprint density at radius 3 is 2.27 bits per heavy atom. The number of carbonyl (C=O) groups is 2. The fraction of sp³-hybridized carbons (Fsp3) is 0.417. The fourth-order valence-electron chi connectivity index (χ4n) is 4.38. The number of nitrogens with one attached hydrogen (secondary N) is 1. The van der Waals surface area contributed by atoms with Crippen molar-refractivity contribution in [2.45, 2.75) is 32.1 Å². The zero-order valence-corrected chi connectivity index (χ0v) is 17.1. The average molecular weight is 410 g/mol. The summed E-state index contributed by atoms with van der Waals surface area (Å²) in [5.74, 6) is -0.202. The summed E-state index contributed by atoms with van der Waals surface area (Å²) in [6, 6.07) is 13.3. The van der Waals surface area contributed by atoms with Gasteiger partial charge in [-0.15, -0.1) is 0 Å². The molecule has 2 aliphatic rings. The molecule has 0 atom stereocenters. The van der Waals surface area contributed by atoms with Crippen molar-refractivity contribution in [1.82, 2.24) is 4.90 Å². The van der Waals surface area contributed by atoms with Crippen molar-refractivity contribution in [1.29, 1.82) is 0 Å².